The maximum Gasteiger partial charge on any atom is 0.189 e. The zero-order valence-corrected chi connectivity index (χ0v) is 9.67. The summed E-state index contributed by atoms with van der Waals surface area (Å²) in [5.74, 6) is 0.456. The Kier molecular flexibility index (Phi) is 5.53. The molecule has 0 aliphatic heterocycles. The van der Waals surface area contributed by atoms with Crippen LogP contribution in [0.5, 0.6) is 0 Å². The van der Waals surface area contributed by atoms with Crippen LogP contribution in [-0.4, -0.2) is 29.3 Å². The summed E-state index contributed by atoms with van der Waals surface area (Å²) in [5.41, 5.74) is 5.66. The van der Waals surface area contributed by atoms with Gasteiger partial charge in [-0.1, -0.05) is 6.92 Å². The fourth-order valence-corrected chi connectivity index (χ4v) is 1.12. The number of nitrogens with two attached hydrogens (primary N) is 1. The number of hydrogen-bond donors (Lipinski definition) is 3. The fraction of sp³-hybridized carbons (Fsp3) is 0.900. The van der Waals surface area contributed by atoms with Gasteiger partial charge in [0.05, 0.1) is 6.04 Å². The van der Waals surface area contributed by atoms with Crippen molar-refractivity contribution in [2.45, 2.75) is 52.1 Å². The Labute approximate surface area is 86.6 Å². The number of aliphatic hydroxyl groups excluding tert-OH is 1. The minimum absolute atomic E-state index is 0.0644. The average Bonchev–Trinajstić information content (AvgIpc) is 2.00. The van der Waals surface area contributed by atoms with Crippen molar-refractivity contribution < 1.29 is 5.11 Å². The largest absolute Gasteiger partial charge is 0.396 e. The number of aliphatic imine (C=N–C) groups is 1. The van der Waals surface area contributed by atoms with Crippen molar-refractivity contribution in [2.75, 3.05) is 6.61 Å². The van der Waals surface area contributed by atoms with Gasteiger partial charge in [0.25, 0.3) is 0 Å². The molecule has 0 spiro atoms. The van der Waals surface area contributed by atoms with Gasteiger partial charge in [-0.15, -0.1) is 0 Å². The van der Waals surface area contributed by atoms with Crippen molar-refractivity contribution in [3.8, 4) is 0 Å². The van der Waals surface area contributed by atoms with Crippen molar-refractivity contribution in [1.82, 2.24) is 5.32 Å². The van der Waals surface area contributed by atoms with Gasteiger partial charge in [-0.05, 0) is 33.6 Å². The highest BCUT2D eigenvalue weighted by Gasteiger charge is 2.11. The molecule has 0 aliphatic rings. The Morgan fingerprint density at radius 3 is 2.43 bits per heavy atom. The summed E-state index contributed by atoms with van der Waals surface area (Å²) in [7, 11) is 0. The zero-order chi connectivity index (χ0) is 11.2. The molecular formula is C10H23N3O. The van der Waals surface area contributed by atoms with Crippen LogP contribution in [0, 0.1) is 0 Å². The predicted molar refractivity (Wildman–Crippen MR) is 60.3 cm³/mol. The molecule has 0 bridgehead atoms. The lowest BCUT2D eigenvalue weighted by Gasteiger charge is -2.22. The van der Waals surface area contributed by atoms with Crippen LogP contribution < -0.4 is 11.1 Å². The first-order chi connectivity index (χ1) is 6.39. The molecule has 14 heavy (non-hydrogen) atoms. The number of aliphatic hydroxyl groups is 1. The van der Waals surface area contributed by atoms with Crippen LogP contribution in [0.15, 0.2) is 4.99 Å². The Morgan fingerprint density at radius 1 is 1.50 bits per heavy atom. The second-order valence-electron chi connectivity index (χ2n) is 4.46. The second-order valence-corrected chi connectivity index (χ2v) is 4.46. The Morgan fingerprint density at radius 2 is 2.07 bits per heavy atom. The summed E-state index contributed by atoms with van der Waals surface area (Å²) in [5, 5.41) is 11.9. The minimum Gasteiger partial charge on any atom is -0.396 e. The van der Waals surface area contributed by atoms with Crippen LogP contribution in [0.4, 0.5) is 0 Å². The monoisotopic (exact) mass is 201 g/mol. The van der Waals surface area contributed by atoms with Crippen LogP contribution in [0.1, 0.15) is 40.5 Å². The van der Waals surface area contributed by atoms with E-state index in [-0.39, 0.29) is 18.2 Å². The molecule has 0 aliphatic carbocycles. The summed E-state index contributed by atoms with van der Waals surface area (Å²) in [4.78, 5) is 4.29. The molecule has 4 nitrogen and oxygen atoms in total. The number of hydrogen-bond acceptors (Lipinski definition) is 2. The van der Waals surface area contributed by atoms with Crippen LogP contribution in [0.3, 0.4) is 0 Å². The fourth-order valence-electron chi connectivity index (χ4n) is 1.12. The SMILES string of the molecule is CCC(CCO)N=C(N)NC(C)(C)C. The summed E-state index contributed by atoms with van der Waals surface area (Å²) in [6.45, 7) is 8.28. The van der Waals surface area contributed by atoms with E-state index in [9.17, 15) is 0 Å². The molecule has 0 amide bonds. The highest BCUT2D eigenvalue weighted by Crippen LogP contribution is 2.03. The molecule has 0 radical (unpaired) electrons. The van der Waals surface area contributed by atoms with Gasteiger partial charge in [-0.2, -0.15) is 0 Å². The summed E-state index contributed by atoms with van der Waals surface area (Å²) < 4.78 is 0. The minimum atomic E-state index is -0.0644. The van der Waals surface area contributed by atoms with Crippen LogP contribution in [0.2, 0.25) is 0 Å². The first-order valence-electron chi connectivity index (χ1n) is 5.11. The molecule has 4 heteroatoms. The number of rotatable bonds is 4. The highest BCUT2D eigenvalue weighted by molar-refractivity contribution is 5.78. The Bertz CT molecular complexity index is 184. The molecule has 0 aromatic rings. The van der Waals surface area contributed by atoms with Gasteiger partial charge in [0, 0.05) is 12.1 Å². The summed E-state index contributed by atoms with van der Waals surface area (Å²) in [6.07, 6.45) is 1.57. The van der Waals surface area contributed by atoms with E-state index in [2.05, 4.69) is 10.3 Å². The standard InChI is InChI=1S/C10H23N3O/c1-5-8(6-7-14)12-9(11)13-10(2,3)4/h8,14H,5-7H2,1-4H3,(H3,11,12,13). The number of nitrogens with zero attached hydrogens (tertiary/aromatic N) is 1. The van der Waals surface area contributed by atoms with E-state index in [1.807, 2.05) is 27.7 Å². The third-order valence-electron chi connectivity index (χ3n) is 1.76. The van der Waals surface area contributed by atoms with Gasteiger partial charge in [-0.25, -0.2) is 0 Å². The lowest BCUT2D eigenvalue weighted by atomic mass is 10.1. The summed E-state index contributed by atoms with van der Waals surface area (Å²) in [6, 6.07) is 0.120. The van der Waals surface area contributed by atoms with Gasteiger partial charge in [-0.3, -0.25) is 4.99 Å². The number of nitrogens with one attached hydrogen (secondary N) is 1. The molecule has 0 heterocycles. The van der Waals surface area contributed by atoms with Gasteiger partial charge < -0.3 is 16.2 Å². The molecule has 84 valence electrons. The quantitative estimate of drug-likeness (QED) is 0.466. The topological polar surface area (TPSA) is 70.6 Å². The van der Waals surface area contributed by atoms with Crippen LogP contribution >= 0.6 is 0 Å². The molecule has 0 aromatic heterocycles. The third kappa shape index (κ3) is 6.71. The van der Waals surface area contributed by atoms with E-state index < -0.39 is 0 Å². The molecule has 4 N–H and O–H groups in total. The van der Waals surface area contributed by atoms with E-state index in [0.717, 1.165) is 6.42 Å². The highest BCUT2D eigenvalue weighted by atomic mass is 16.3. The average molecular weight is 201 g/mol. The lowest BCUT2D eigenvalue weighted by Crippen LogP contribution is -2.45. The van der Waals surface area contributed by atoms with Gasteiger partial charge >= 0.3 is 0 Å². The first-order valence-corrected chi connectivity index (χ1v) is 5.11. The zero-order valence-electron chi connectivity index (χ0n) is 9.67. The van der Waals surface area contributed by atoms with Crippen molar-refractivity contribution in [3.05, 3.63) is 0 Å². The molecule has 0 aromatic carbocycles. The van der Waals surface area contributed by atoms with Crippen LogP contribution in [0.25, 0.3) is 0 Å². The lowest BCUT2D eigenvalue weighted by molar-refractivity contribution is 0.274. The van der Waals surface area contributed by atoms with E-state index in [1.54, 1.807) is 0 Å². The summed E-state index contributed by atoms with van der Waals surface area (Å²) >= 11 is 0. The molecule has 0 rings (SSSR count). The van der Waals surface area contributed by atoms with Crippen molar-refractivity contribution in [2.24, 2.45) is 10.7 Å². The Balaban J connectivity index is 4.18. The predicted octanol–water partition coefficient (Wildman–Crippen LogP) is 0.850. The van der Waals surface area contributed by atoms with Gasteiger partial charge in [0.1, 0.15) is 0 Å². The molecule has 1 atom stereocenters. The van der Waals surface area contributed by atoms with E-state index in [4.69, 9.17) is 10.8 Å². The Hall–Kier alpha value is -0.770. The molecule has 0 saturated carbocycles. The van der Waals surface area contributed by atoms with Crippen LogP contribution in [-0.2, 0) is 0 Å². The third-order valence-corrected chi connectivity index (χ3v) is 1.76. The normalized spacial score (nSPS) is 15.4. The molecule has 1 unspecified atom stereocenters. The van der Waals surface area contributed by atoms with E-state index in [0.29, 0.717) is 12.4 Å². The maximum atomic E-state index is 8.78. The molecule has 0 saturated heterocycles. The van der Waals surface area contributed by atoms with Gasteiger partial charge in [0.2, 0.25) is 0 Å². The maximum absolute atomic E-state index is 8.78. The van der Waals surface area contributed by atoms with Gasteiger partial charge in [0.15, 0.2) is 5.96 Å². The van der Waals surface area contributed by atoms with Crippen molar-refractivity contribution in [1.29, 1.82) is 0 Å². The second kappa shape index (κ2) is 5.86. The molecular weight excluding hydrogens is 178 g/mol. The molecule has 0 fully saturated rings. The first kappa shape index (κ1) is 13.2. The smallest absolute Gasteiger partial charge is 0.189 e. The van der Waals surface area contributed by atoms with E-state index >= 15 is 0 Å². The van der Waals surface area contributed by atoms with Crippen molar-refractivity contribution >= 4 is 5.96 Å². The van der Waals surface area contributed by atoms with Crippen molar-refractivity contribution in [3.63, 3.8) is 0 Å². The van der Waals surface area contributed by atoms with E-state index in [1.165, 1.54) is 0 Å². The number of guanidine groups is 1.